The molecule has 21 heavy (non-hydrogen) atoms. The molecule has 0 bridgehead atoms. The van der Waals surface area contributed by atoms with E-state index in [9.17, 15) is 4.79 Å². The molecule has 1 unspecified atom stereocenters. The van der Waals surface area contributed by atoms with Crippen LogP contribution in [-0.4, -0.2) is 18.0 Å². The highest BCUT2D eigenvalue weighted by Gasteiger charge is 2.18. The van der Waals surface area contributed by atoms with Crippen molar-refractivity contribution in [3.63, 3.8) is 0 Å². The Morgan fingerprint density at radius 1 is 1.33 bits per heavy atom. The first kappa shape index (κ1) is 15.1. The molecular formula is C16H20N2O3. The van der Waals surface area contributed by atoms with Crippen LogP contribution in [0.1, 0.15) is 43.9 Å². The van der Waals surface area contributed by atoms with Crippen LogP contribution in [0.25, 0.3) is 0 Å². The Morgan fingerprint density at radius 2 is 2.10 bits per heavy atom. The van der Waals surface area contributed by atoms with E-state index in [0.717, 1.165) is 17.0 Å². The molecular weight excluding hydrogens is 268 g/mol. The van der Waals surface area contributed by atoms with E-state index in [2.05, 4.69) is 10.3 Å². The molecule has 0 spiro atoms. The molecule has 0 aliphatic carbocycles. The van der Waals surface area contributed by atoms with Crippen LogP contribution in [0.3, 0.4) is 0 Å². The summed E-state index contributed by atoms with van der Waals surface area (Å²) in [7, 11) is 1.60. The van der Waals surface area contributed by atoms with Crippen LogP contribution < -0.4 is 10.1 Å². The third-order valence-corrected chi connectivity index (χ3v) is 3.33. The van der Waals surface area contributed by atoms with E-state index in [0.29, 0.717) is 0 Å². The highest BCUT2D eigenvalue weighted by molar-refractivity contribution is 5.93. The second-order valence-electron chi connectivity index (χ2n) is 5.22. The van der Waals surface area contributed by atoms with E-state index in [4.69, 9.17) is 9.15 Å². The largest absolute Gasteiger partial charge is 0.497 e. The summed E-state index contributed by atoms with van der Waals surface area (Å²) in [4.78, 5) is 16.5. The van der Waals surface area contributed by atoms with Gasteiger partial charge in [-0.05, 0) is 30.5 Å². The molecule has 0 aliphatic rings. The third kappa shape index (κ3) is 3.62. The molecule has 0 radical (unpaired) electrons. The van der Waals surface area contributed by atoms with Gasteiger partial charge in [-0.2, -0.15) is 4.98 Å². The number of oxazole rings is 1. The van der Waals surface area contributed by atoms with Crippen LogP contribution in [0, 0.1) is 0 Å². The second kappa shape index (κ2) is 6.43. The van der Waals surface area contributed by atoms with Gasteiger partial charge < -0.3 is 9.15 Å². The average molecular weight is 288 g/mol. The van der Waals surface area contributed by atoms with E-state index < -0.39 is 0 Å². The van der Waals surface area contributed by atoms with E-state index >= 15 is 0 Å². The van der Waals surface area contributed by atoms with Crippen molar-refractivity contribution in [2.24, 2.45) is 0 Å². The number of amides is 1. The van der Waals surface area contributed by atoms with Gasteiger partial charge in [-0.3, -0.25) is 10.1 Å². The highest BCUT2D eigenvalue weighted by Crippen LogP contribution is 2.22. The maximum atomic E-state index is 12.2. The van der Waals surface area contributed by atoms with Gasteiger partial charge in [-0.15, -0.1) is 0 Å². The molecule has 1 amide bonds. The number of hydrogen-bond donors (Lipinski definition) is 1. The zero-order valence-corrected chi connectivity index (χ0v) is 12.7. The predicted octanol–water partition coefficient (Wildman–Crippen LogP) is 3.55. The lowest BCUT2D eigenvalue weighted by Gasteiger charge is -2.11. The fourth-order valence-electron chi connectivity index (χ4n) is 1.88. The predicted molar refractivity (Wildman–Crippen MR) is 80.6 cm³/mol. The third-order valence-electron chi connectivity index (χ3n) is 3.33. The number of carbonyl (C=O) groups is 1. The van der Waals surface area contributed by atoms with Crippen LogP contribution in [-0.2, 0) is 4.79 Å². The van der Waals surface area contributed by atoms with Gasteiger partial charge >= 0.3 is 6.01 Å². The van der Waals surface area contributed by atoms with Gasteiger partial charge in [-0.25, -0.2) is 0 Å². The van der Waals surface area contributed by atoms with Crippen LogP contribution in [0.5, 0.6) is 5.75 Å². The fraction of sp³-hybridized carbons (Fsp3) is 0.375. The Hall–Kier alpha value is -2.30. The molecule has 1 atom stereocenters. The quantitative estimate of drug-likeness (QED) is 0.913. The first-order valence-electron chi connectivity index (χ1n) is 6.91. The molecule has 2 rings (SSSR count). The van der Waals surface area contributed by atoms with E-state index in [1.54, 1.807) is 13.4 Å². The Bertz CT molecular complexity index is 619. The first-order chi connectivity index (χ1) is 10.0. The fourth-order valence-corrected chi connectivity index (χ4v) is 1.88. The summed E-state index contributed by atoms with van der Waals surface area (Å²) < 4.78 is 10.4. The van der Waals surface area contributed by atoms with Crippen molar-refractivity contribution in [1.82, 2.24) is 4.98 Å². The van der Waals surface area contributed by atoms with Gasteiger partial charge in [0.1, 0.15) is 12.0 Å². The van der Waals surface area contributed by atoms with E-state index in [-0.39, 0.29) is 23.8 Å². The SMILES string of the molecule is COc1cccc(C(C)C(=O)Nc2nc(C(C)C)co2)c1. The van der Waals surface area contributed by atoms with Crippen molar-refractivity contribution in [1.29, 1.82) is 0 Å². The standard InChI is InChI=1S/C16H20N2O3/c1-10(2)14-9-21-16(17-14)18-15(19)11(3)12-6-5-7-13(8-12)20-4/h5-11H,1-4H3,(H,17,18,19). The van der Waals surface area contributed by atoms with Crippen LogP contribution in [0.15, 0.2) is 34.9 Å². The number of anilines is 1. The van der Waals surface area contributed by atoms with E-state index in [1.807, 2.05) is 45.0 Å². The molecule has 1 aromatic carbocycles. The van der Waals surface area contributed by atoms with Gasteiger partial charge in [0.25, 0.3) is 0 Å². The van der Waals surface area contributed by atoms with Gasteiger partial charge in [0.05, 0.1) is 18.7 Å². The molecule has 0 fully saturated rings. The van der Waals surface area contributed by atoms with Crippen LogP contribution in [0.2, 0.25) is 0 Å². The number of benzene rings is 1. The number of hydrogen-bond acceptors (Lipinski definition) is 4. The summed E-state index contributed by atoms with van der Waals surface area (Å²) in [6.45, 7) is 5.86. The zero-order valence-electron chi connectivity index (χ0n) is 12.7. The molecule has 5 heteroatoms. The monoisotopic (exact) mass is 288 g/mol. The summed E-state index contributed by atoms with van der Waals surface area (Å²) in [6.07, 6.45) is 1.57. The number of aromatic nitrogens is 1. The van der Waals surface area contributed by atoms with Gasteiger partial charge in [-0.1, -0.05) is 26.0 Å². The van der Waals surface area contributed by atoms with Crippen molar-refractivity contribution in [3.8, 4) is 5.75 Å². The summed E-state index contributed by atoms with van der Waals surface area (Å²) in [5, 5.41) is 2.70. The summed E-state index contributed by atoms with van der Waals surface area (Å²) in [5.41, 5.74) is 1.70. The molecule has 0 aliphatic heterocycles. The second-order valence-corrected chi connectivity index (χ2v) is 5.22. The minimum atomic E-state index is -0.325. The summed E-state index contributed by atoms with van der Waals surface area (Å²) in [6, 6.07) is 7.68. The molecule has 112 valence electrons. The van der Waals surface area contributed by atoms with Crippen molar-refractivity contribution in [2.45, 2.75) is 32.6 Å². The van der Waals surface area contributed by atoms with Crippen LogP contribution in [0.4, 0.5) is 6.01 Å². The minimum Gasteiger partial charge on any atom is -0.497 e. The van der Waals surface area contributed by atoms with Gasteiger partial charge in [0.2, 0.25) is 5.91 Å². The number of rotatable bonds is 5. The van der Waals surface area contributed by atoms with Gasteiger partial charge in [0, 0.05) is 0 Å². The maximum absolute atomic E-state index is 12.2. The Kier molecular flexibility index (Phi) is 4.62. The van der Waals surface area contributed by atoms with Crippen molar-refractivity contribution >= 4 is 11.9 Å². The lowest BCUT2D eigenvalue weighted by molar-refractivity contribution is -0.117. The average Bonchev–Trinajstić information content (AvgIpc) is 2.95. The number of nitrogens with one attached hydrogen (secondary N) is 1. The van der Waals surface area contributed by atoms with Crippen molar-refractivity contribution in [2.75, 3.05) is 12.4 Å². The van der Waals surface area contributed by atoms with Crippen molar-refractivity contribution < 1.29 is 13.9 Å². The minimum absolute atomic E-state index is 0.166. The van der Waals surface area contributed by atoms with Crippen LogP contribution >= 0.6 is 0 Å². The molecule has 1 N–H and O–H groups in total. The number of methoxy groups -OCH3 is 1. The highest BCUT2D eigenvalue weighted by atomic mass is 16.5. The maximum Gasteiger partial charge on any atom is 0.301 e. The smallest absolute Gasteiger partial charge is 0.301 e. The Morgan fingerprint density at radius 3 is 2.71 bits per heavy atom. The lowest BCUT2D eigenvalue weighted by atomic mass is 10.0. The molecule has 0 saturated carbocycles. The molecule has 1 heterocycles. The molecule has 1 aromatic heterocycles. The molecule has 0 saturated heterocycles. The van der Waals surface area contributed by atoms with Crippen molar-refractivity contribution in [3.05, 3.63) is 41.8 Å². The number of carbonyl (C=O) groups excluding carboxylic acids is 1. The number of nitrogens with zero attached hydrogens (tertiary/aromatic N) is 1. The van der Waals surface area contributed by atoms with E-state index in [1.165, 1.54) is 0 Å². The Balaban J connectivity index is 2.07. The van der Waals surface area contributed by atoms with Gasteiger partial charge in [0.15, 0.2) is 0 Å². The Labute approximate surface area is 124 Å². The summed E-state index contributed by atoms with van der Waals surface area (Å²) >= 11 is 0. The first-order valence-corrected chi connectivity index (χ1v) is 6.91. The zero-order chi connectivity index (χ0) is 15.4. The summed E-state index contributed by atoms with van der Waals surface area (Å²) in [5.74, 6) is 0.496. The lowest BCUT2D eigenvalue weighted by Crippen LogP contribution is -2.19. The topological polar surface area (TPSA) is 64.4 Å². The molecule has 2 aromatic rings. The number of ether oxygens (including phenoxy) is 1. The molecule has 5 nitrogen and oxygen atoms in total. The normalized spacial score (nSPS) is 12.2.